The van der Waals surface area contributed by atoms with Gasteiger partial charge in [-0.3, -0.25) is 52.7 Å². The maximum atomic E-state index is 11.5. The minimum absolute atomic E-state index is 0.0666. The molecule has 4 N–H and O–H groups in total. The summed E-state index contributed by atoms with van der Waals surface area (Å²) in [5.41, 5.74) is 0. The number of ether oxygens (including phenoxy) is 16. The molecule has 105 heavy (non-hydrogen) atoms. The summed E-state index contributed by atoms with van der Waals surface area (Å²) in [6, 6.07) is 0. The molecule has 0 aromatic carbocycles. The van der Waals surface area contributed by atoms with Gasteiger partial charge in [-0.05, 0) is 142 Å². The Hall–Kier alpha value is -8.97. The van der Waals surface area contributed by atoms with Crippen LogP contribution in [0.1, 0.15) is 221 Å². The van der Waals surface area contributed by atoms with Crippen molar-refractivity contribution in [1.29, 1.82) is 0 Å². The van der Waals surface area contributed by atoms with Gasteiger partial charge in [-0.15, -0.1) is 0 Å². The molecule has 0 amide bonds. The monoisotopic (exact) mass is 1530 g/mol. The van der Waals surface area contributed by atoms with Gasteiger partial charge in [0.05, 0.1) is 59.5 Å². The molecular weight excluding hydrogens is 1410 g/mol. The fourth-order valence-electron chi connectivity index (χ4n) is 5.35. The molecule has 0 saturated carbocycles. The van der Waals surface area contributed by atoms with Crippen molar-refractivity contribution in [2.24, 2.45) is 0 Å². The highest BCUT2D eigenvalue weighted by molar-refractivity contribution is 5.84. The van der Waals surface area contributed by atoms with E-state index in [9.17, 15) is 81.5 Å². The van der Waals surface area contributed by atoms with E-state index in [-0.39, 0.29) is 90.9 Å². The molecule has 610 valence electrons. The molecule has 0 aromatic rings. The number of hydrogen-bond acceptors (Lipinski definition) is 37. The van der Waals surface area contributed by atoms with Crippen LogP contribution in [-0.2, 0) is 157 Å². The molecule has 0 unspecified atom stereocenters. The number of carbonyl (C=O) groups is 17. The zero-order valence-corrected chi connectivity index (χ0v) is 62.9. The van der Waals surface area contributed by atoms with Crippen LogP contribution in [0.25, 0.3) is 0 Å². The van der Waals surface area contributed by atoms with Gasteiger partial charge in [0.2, 0.25) is 0 Å². The fourth-order valence-corrected chi connectivity index (χ4v) is 5.35. The second kappa shape index (κ2) is 74.7. The third-order valence-corrected chi connectivity index (χ3v) is 10.2. The van der Waals surface area contributed by atoms with Crippen molar-refractivity contribution in [3.63, 3.8) is 0 Å². The summed E-state index contributed by atoms with van der Waals surface area (Å²) in [7, 11) is 0. The molecule has 0 radical (unpaired) electrons. The van der Waals surface area contributed by atoms with E-state index < -0.39 is 216 Å². The molecule has 0 aromatic heterocycles. The summed E-state index contributed by atoms with van der Waals surface area (Å²) < 4.78 is 147. The van der Waals surface area contributed by atoms with Gasteiger partial charge in [-0.2, -0.15) is 0 Å². The number of Topliss-reactive ketones (excluding diaryl/α,β-unsaturated/α-hetero) is 1. The first-order chi connectivity index (χ1) is 52.9. The van der Waals surface area contributed by atoms with Crippen LogP contribution in [0.2, 0.25) is 0 Å². The number of rotatable bonds is 44. The molecule has 0 rings (SSSR count). The van der Waals surface area contributed by atoms with Crippen molar-refractivity contribution in [3.05, 3.63) is 0 Å². The third-order valence-electron chi connectivity index (χ3n) is 10.2. The highest BCUT2D eigenvalue weighted by atomic mass is 16.6. The number of aliphatic hydroxyl groups is 4. The van der Waals surface area contributed by atoms with E-state index in [1.165, 1.54) is 69.2 Å². The fraction of sp³-hybridized carbons (Fsp3) is 0.750. The van der Waals surface area contributed by atoms with Gasteiger partial charge in [0, 0.05) is 106 Å². The molecule has 0 fully saturated rings. The van der Waals surface area contributed by atoms with Crippen LogP contribution in [0.15, 0.2) is 0 Å². The van der Waals surface area contributed by atoms with Crippen molar-refractivity contribution in [3.8, 4) is 0 Å². The van der Waals surface area contributed by atoms with E-state index in [0.29, 0.717) is 12.8 Å². The van der Waals surface area contributed by atoms with Gasteiger partial charge >= 0.3 is 95.5 Å². The Bertz CT molecular complexity index is 2950. The maximum absolute atomic E-state index is 11.5. The lowest BCUT2D eigenvalue weighted by molar-refractivity contribution is -0.166. The Balaban J connectivity index is -0.000000237. The van der Waals surface area contributed by atoms with Gasteiger partial charge < -0.3 is 96.2 Å². The summed E-state index contributed by atoms with van der Waals surface area (Å²) in [5.74, 6) is -11.9. The topological polar surface area (TPSA) is 519 Å². The number of ketones is 1. The van der Waals surface area contributed by atoms with Crippen molar-refractivity contribution < 1.29 is 191 Å². The lowest BCUT2D eigenvalue weighted by Crippen LogP contribution is -2.26. The summed E-state index contributed by atoms with van der Waals surface area (Å²) in [6.07, 6.45) is -19.4. The predicted octanol–water partition coefficient (Wildman–Crippen LogP) is 3.51. The van der Waals surface area contributed by atoms with Gasteiger partial charge in [-0.1, -0.05) is 0 Å². The van der Waals surface area contributed by atoms with Crippen LogP contribution in [-0.4, -0.2) is 250 Å². The molecule has 0 aliphatic carbocycles. The minimum Gasteiger partial charge on any atom is -0.466 e. The first-order valence-electron chi connectivity index (χ1n) is 37.7. The average Bonchev–Trinajstić information content (AvgIpc) is 0.870. The normalized spacial score (nSPS) is 13.8. The van der Waals surface area contributed by atoms with Crippen LogP contribution in [0.3, 0.4) is 0 Å². The zero-order valence-electron chi connectivity index (χ0n) is 72.9. The van der Waals surface area contributed by atoms with E-state index in [0.717, 1.165) is 6.92 Å². The number of hydrogen-bond donors (Lipinski definition) is 4. The molecule has 0 spiro atoms. The lowest BCUT2D eigenvalue weighted by Gasteiger charge is -2.11. The van der Waals surface area contributed by atoms with Crippen LogP contribution >= 0.6 is 0 Å². The highest BCUT2D eigenvalue weighted by Gasteiger charge is 2.24. The number of carbonyl (C=O) groups excluding carboxylic acids is 17. The quantitative estimate of drug-likeness (QED) is 0.0385. The molecule has 0 aliphatic heterocycles. The minimum atomic E-state index is -2.34. The van der Waals surface area contributed by atoms with Crippen LogP contribution in [0.5, 0.6) is 0 Å². The van der Waals surface area contributed by atoms with Gasteiger partial charge in [-0.25, -0.2) is 28.8 Å². The molecular formula is C68H116O37. The molecule has 0 aliphatic rings. The van der Waals surface area contributed by atoms with Crippen LogP contribution in [0.4, 0.5) is 0 Å². The zero-order chi connectivity index (χ0) is 91.2. The van der Waals surface area contributed by atoms with E-state index in [4.69, 9.17) is 48.3 Å². The smallest absolute Gasteiger partial charge is 0.347 e. The first kappa shape index (κ1) is 88.4. The molecule has 37 nitrogen and oxygen atoms in total. The van der Waals surface area contributed by atoms with Crippen LogP contribution in [0, 0.1) is 0 Å². The third kappa shape index (κ3) is 79.0. The summed E-state index contributed by atoms with van der Waals surface area (Å²) in [6.45, 7) is 22.7. The Morgan fingerprint density at radius 2 is 0.495 bits per heavy atom. The summed E-state index contributed by atoms with van der Waals surface area (Å²) >= 11 is 0. The predicted molar refractivity (Wildman–Crippen MR) is 362 cm³/mol. The van der Waals surface area contributed by atoms with Crippen molar-refractivity contribution in [1.82, 2.24) is 0 Å². The summed E-state index contributed by atoms with van der Waals surface area (Å²) in [4.78, 5) is 187. The Labute approximate surface area is 627 Å². The van der Waals surface area contributed by atoms with E-state index in [1.807, 2.05) is 0 Å². The first-order valence-corrected chi connectivity index (χ1v) is 32.7. The van der Waals surface area contributed by atoms with Gasteiger partial charge in [0.1, 0.15) is 0 Å². The van der Waals surface area contributed by atoms with E-state index in [1.54, 1.807) is 41.5 Å². The Morgan fingerprint density at radius 3 is 0.752 bits per heavy atom. The van der Waals surface area contributed by atoms with E-state index >= 15 is 0 Å². The molecule has 0 heterocycles. The van der Waals surface area contributed by atoms with Gasteiger partial charge in [0.25, 0.3) is 0 Å². The SMILES string of the molecule is CCOC(=O)[C@H](C)OC(=O)CCCO.CCOC(=O)[C@H](C)OC(=O)CCCOC(C)=O.[2H]C([2H])(CCO)C(=O)O[C@@H](C)C(=O)OCC.[2H]C([2H])(CCOC(C)=O)C(=O)O[C@@H](C)C(=O)OCC.[2H]C([2H])(CO)CC(=O)O[C@@H](C)C(=O)OCC.[2H]C([2H])(CO)CC(=O)O[C@@H](C)C(C)=O.[2H]C([2H])(COC(C)=O)CC(=O)O[C@@H](C)C(=O)OCC. The lowest BCUT2D eigenvalue weighted by atomic mass is 10.3. The number of aliphatic hydroxyl groups excluding tert-OH is 4. The average molecular weight is 1540 g/mol. The van der Waals surface area contributed by atoms with Crippen molar-refractivity contribution in [2.45, 2.75) is 250 Å². The van der Waals surface area contributed by atoms with Crippen molar-refractivity contribution in [2.75, 3.05) is 85.9 Å². The Kier molecular flexibility index (Phi) is 62.9. The maximum Gasteiger partial charge on any atom is 0.347 e. The highest BCUT2D eigenvalue weighted by Crippen LogP contribution is 2.07. The van der Waals surface area contributed by atoms with Gasteiger partial charge in [0.15, 0.2) is 48.5 Å². The van der Waals surface area contributed by atoms with Crippen LogP contribution < -0.4 is 0 Å². The Morgan fingerprint density at radius 1 is 0.267 bits per heavy atom. The standard InChI is InChI=1S/3C11H18O6.3C9H16O5.C8H14O4/c3*1-4-15-11(14)8(2)17-10(13)6-5-7-16-9(3)12;3*1-3-13-9(12)7(2)14-8(11)5-4-6-10;1-6(10)7(2)12-8(11)4-3-5-9/h3*8H,4-7H2,1-3H3;3*7,10H,3-6H2,1-2H3;7,9H,3-5H2,1-2H3/t3*8-;4*7-/m0000000/s1/i6D2;5D2;;5D2;4D2;;3D2. The number of esters is 16. The second-order valence-corrected chi connectivity index (χ2v) is 19.4. The molecule has 37 heteroatoms. The molecule has 0 saturated heterocycles. The largest absolute Gasteiger partial charge is 0.466 e. The molecule has 7 atom stereocenters. The second-order valence-electron chi connectivity index (χ2n) is 19.4. The summed E-state index contributed by atoms with van der Waals surface area (Å²) in [5, 5.41) is 34.1. The van der Waals surface area contributed by atoms with Crippen molar-refractivity contribution >= 4 is 101 Å². The van der Waals surface area contributed by atoms with E-state index in [2.05, 4.69) is 61.6 Å². The molecule has 0 bridgehead atoms.